The fourth-order valence-corrected chi connectivity index (χ4v) is 1.97. The van der Waals surface area contributed by atoms with Gasteiger partial charge < -0.3 is 15.8 Å². The van der Waals surface area contributed by atoms with Gasteiger partial charge in [0.25, 0.3) is 0 Å². The fraction of sp³-hybridized carbons (Fsp3) is 0.500. The minimum absolute atomic E-state index is 0.000208. The SMILES string of the molecule is Cc1ccc(CNCCOCC(N)=O)s1. The third-order valence-corrected chi connectivity index (χ3v) is 2.76. The predicted molar refractivity (Wildman–Crippen MR) is 60.8 cm³/mol. The third kappa shape index (κ3) is 5.51. The summed E-state index contributed by atoms with van der Waals surface area (Å²) in [5, 5.41) is 3.22. The average molecular weight is 228 g/mol. The minimum Gasteiger partial charge on any atom is -0.370 e. The summed E-state index contributed by atoms with van der Waals surface area (Å²) in [5.74, 6) is -0.427. The van der Waals surface area contributed by atoms with E-state index in [0.717, 1.165) is 13.1 Å². The summed E-state index contributed by atoms with van der Waals surface area (Å²) in [7, 11) is 0. The molecule has 0 aliphatic carbocycles. The normalized spacial score (nSPS) is 10.5. The molecule has 0 aliphatic rings. The molecule has 0 aliphatic heterocycles. The van der Waals surface area contributed by atoms with Crippen molar-refractivity contribution in [1.82, 2.24) is 5.32 Å². The molecule has 0 saturated heterocycles. The van der Waals surface area contributed by atoms with Gasteiger partial charge in [0.1, 0.15) is 6.61 Å². The number of carbonyl (C=O) groups is 1. The second-order valence-corrected chi connectivity index (χ2v) is 4.58. The highest BCUT2D eigenvalue weighted by molar-refractivity contribution is 7.11. The number of thiophene rings is 1. The Morgan fingerprint density at radius 3 is 3.00 bits per heavy atom. The Kier molecular flexibility index (Phi) is 5.31. The number of nitrogens with two attached hydrogens (primary N) is 1. The molecule has 0 saturated carbocycles. The van der Waals surface area contributed by atoms with Crippen LogP contribution < -0.4 is 11.1 Å². The second kappa shape index (κ2) is 6.55. The number of rotatable bonds is 7. The molecule has 0 fully saturated rings. The lowest BCUT2D eigenvalue weighted by Crippen LogP contribution is -2.23. The number of nitrogens with one attached hydrogen (secondary N) is 1. The average Bonchev–Trinajstić information content (AvgIpc) is 2.57. The number of ether oxygens (including phenoxy) is 1. The summed E-state index contributed by atoms with van der Waals surface area (Å²) in [6.45, 7) is 4.17. The van der Waals surface area contributed by atoms with Gasteiger partial charge in [-0.3, -0.25) is 4.79 Å². The van der Waals surface area contributed by atoms with Crippen LogP contribution >= 0.6 is 11.3 Å². The maximum atomic E-state index is 10.3. The van der Waals surface area contributed by atoms with E-state index in [9.17, 15) is 4.79 Å². The maximum absolute atomic E-state index is 10.3. The molecule has 15 heavy (non-hydrogen) atoms. The molecular weight excluding hydrogens is 212 g/mol. The Morgan fingerprint density at radius 2 is 2.40 bits per heavy atom. The van der Waals surface area contributed by atoms with E-state index in [1.54, 1.807) is 11.3 Å². The van der Waals surface area contributed by atoms with Crippen molar-refractivity contribution in [2.45, 2.75) is 13.5 Å². The molecule has 1 amide bonds. The molecular formula is C10H16N2O2S. The molecule has 4 nitrogen and oxygen atoms in total. The van der Waals surface area contributed by atoms with E-state index in [4.69, 9.17) is 10.5 Å². The monoisotopic (exact) mass is 228 g/mol. The van der Waals surface area contributed by atoms with E-state index in [1.165, 1.54) is 9.75 Å². The first-order chi connectivity index (χ1) is 7.18. The van der Waals surface area contributed by atoms with Gasteiger partial charge >= 0.3 is 0 Å². The lowest BCUT2D eigenvalue weighted by molar-refractivity contribution is -0.122. The van der Waals surface area contributed by atoms with E-state index in [0.29, 0.717) is 6.61 Å². The van der Waals surface area contributed by atoms with Gasteiger partial charge in [-0.15, -0.1) is 11.3 Å². The molecule has 1 aromatic heterocycles. The molecule has 0 atom stereocenters. The summed E-state index contributed by atoms with van der Waals surface area (Å²) in [6, 6.07) is 4.21. The zero-order valence-electron chi connectivity index (χ0n) is 8.79. The molecule has 0 bridgehead atoms. The maximum Gasteiger partial charge on any atom is 0.243 e. The van der Waals surface area contributed by atoms with Crippen molar-refractivity contribution in [3.63, 3.8) is 0 Å². The largest absolute Gasteiger partial charge is 0.370 e. The first kappa shape index (κ1) is 12.2. The number of amides is 1. The van der Waals surface area contributed by atoms with Crippen molar-refractivity contribution in [3.8, 4) is 0 Å². The van der Waals surface area contributed by atoms with E-state index in [1.807, 2.05) is 0 Å². The van der Waals surface area contributed by atoms with Gasteiger partial charge in [0.15, 0.2) is 0 Å². The molecule has 0 radical (unpaired) electrons. The quantitative estimate of drug-likeness (QED) is 0.673. The summed E-state index contributed by atoms with van der Waals surface area (Å²) in [4.78, 5) is 13.0. The highest BCUT2D eigenvalue weighted by Crippen LogP contribution is 2.14. The summed E-state index contributed by atoms with van der Waals surface area (Å²) in [5.41, 5.74) is 4.92. The second-order valence-electron chi connectivity index (χ2n) is 3.21. The molecule has 3 N–H and O–H groups in total. The Morgan fingerprint density at radius 1 is 1.60 bits per heavy atom. The number of aryl methyl sites for hydroxylation is 1. The minimum atomic E-state index is -0.427. The van der Waals surface area contributed by atoms with Crippen LogP contribution in [0, 0.1) is 6.92 Å². The molecule has 0 unspecified atom stereocenters. The van der Waals surface area contributed by atoms with Crippen LogP contribution in [0.25, 0.3) is 0 Å². The highest BCUT2D eigenvalue weighted by Gasteiger charge is 1.96. The van der Waals surface area contributed by atoms with Gasteiger partial charge in [-0.05, 0) is 19.1 Å². The van der Waals surface area contributed by atoms with Gasteiger partial charge in [0, 0.05) is 22.8 Å². The molecule has 1 aromatic rings. The zero-order chi connectivity index (χ0) is 11.1. The Hall–Kier alpha value is -0.910. The van der Waals surface area contributed by atoms with Crippen LogP contribution in [0.5, 0.6) is 0 Å². The smallest absolute Gasteiger partial charge is 0.243 e. The van der Waals surface area contributed by atoms with Crippen LogP contribution in [-0.4, -0.2) is 25.7 Å². The Balaban J connectivity index is 2.00. The van der Waals surface area contributed by atoms with Crippen LogP contribution in [0.15, 0.2) is 12.1 Å². The van der Waals surface area contributed by atoms with Crippen molar-refractivity contribution in [2.75, 3.05) is 19.8 Å². The number of hydrogen-bond donors (Lipinski definition) is 2. The van der Waals surface area contributed by atoms with Crippen molar-refractivity contribution in [1.29, 1.82) is 0 Å². The van der Waals surface area contributed by atoms with Gasteiger partial charge in [-0.2, -0.15) is 0 Å². The number of hydrogen-bond acceptors (Lipinski definition) is 4. The zero-order valence-corrected chi connectivity index (χ0v) is 9.60. The number of carbonyl (C=O) groups excluding carboxylic acids is 1. The summed E-state index contributed by atoms with van der Waals surface area (Å²) in [6.07, 6.45) is 0. The van der Waals surface area contributed by atoms with Gasteiger partial charge in [-0.25, -0.2) is 0 Å². The topological polar surface area (TPSA) is 64.3 Å². The van der Waals surface area contributed by atoms with Crippen LogP contribution in [0.1, 0.15) is 9.75 Å². The third-order valence-electron chi connectivity index (χ3n) is 1.76. The Labute approximate surface area is 93.4 Å². The van der Waals surface area contributed by atoms with Gasteiger partial charge in [-0.1, -0.05) is 0 Å². The number of primary amides is 1. The lowest BCUT2D eigenvalue weighted by Gasteiger charge is -2.03. The Bertz CT molecular complexity index is 312. The van der Waals surface area contributed by atoms with E-state index >= 15 is 0 Å². The van der Waals surface area contributed by atoms with Crippen molar-refractivity contribution in [3.05, 3.63) is 21.9 Å². The van der Waals surface area contributed by atoms with Crippen molar-refractivity contribution < 1.29 is 9.53 Å². The molecule has 5 heteroatoms. The van der Waals surface area contributed by atoms with E-state index < -0.39 is 5.91 Å². The summed E-state index contributed by atoms with van der Waals surface area (Å²) < 4.78 is 5.00. The highest BCUT2D eigenvalue weighted by atomic mass is 32.1. The summed E-state index contributed by atoms with van der Waals surface area (Å²) >= 11 is 1.78. The first-order valence-corrected chi connectivity index (χ1v) is 5.62. The van der Waals surface area contributed by atoms with Crippen LogP contribution in [0.3, 0.4) is 0 Å². The van der Waals surface area contributed by atoms with Crippen molar-refractivity contribution in [2.24, 2.45) is 5.73 Å². The molecule has 84 valence electrons. The first-order valence-electron chi connectivity index (χ1n) is 4.80. The van der Waals surface area contributed by atoms with E-state index in [-0.39, 0.29) is 6.61 Å². The lowest BCUT2D eigenvalue weighted by atomic mass is 10.4. The molecule has 0 spiro atoms. The van der Waals surface area contributed by atoms with Gasteiger partial charge in [0.05, 0.1) is 6.61 Å². The molecule has 0 aromatic carbocycles. The predicted octanol–water partition coefficient (Wildman–Crippen LogP) is 0.648. The van der Waals surface area contributed by atoms with Crippen LogP contribution in [0.2, 0.25) is 0 Å². The van der Waals surface area contributed by atoms with E-state index in [2.05, 4.69) is 24.4 Å². The van der Waals surface area contributed by atoms with Gasteiger partial charge in [0.2, 0.25) is 5.91 Å². The van der Waals surface area contributed by atoms with Crippen molar-refractivity contribution >= 4 is 17.2 Å². The molecule has 1 rings (SSSR count). The standard InChI is InChI=1S/C10H16N2O2S/c1-8-2-3-9(15-8)6-12-4-5-14-7-10(11)13/h2-3,12H,4-7H2,1H3,(H2,11,13). The van der Waals surface area contributed by atoms with Crippen LogP contribution in [-0.2, 0) is 16.1 Å². The molecule has 1 heterocycles. The fourth-order valence-electron chi connectivity index (χ4n) is 1.11. The van der Waals surface area contributed by atoms with Crippen LogP contribution in [0.4, 0.5) is 0 Å².